The Kier molecular flexibility index (Phi) is 7.45. The highest BCUT2D eigenvalue weighted by atomic mass is 35.5. The molecule has 5 rings (SSSR count). The molecule has 0 atom stereocenters. The van der Waals surface area contributed by atoms with Crippen LogP contribution < -0.4 is 10.2 Å². The third-order valence-electron chi connectivity index (χ3n) is 5.88. The minimum Gasteiger partial charge on any atom is -0.345 e. The van der Waals surface area contributed by atoms with Crippen LogP contribution in [0.2, 0.25) is 10.0 Å². The van der Waals surface area contributed by atoms with Crippen molar-refractivity contribution in [1.82, 2.24) is 20.1 Å². The molecule has 0 unspecified atom stereocenters. The number of fused-ring (bicyclic) bond motifs is 1. The maximum absolute atomic E-state index is 14.2. The number of nitrogens with zero attached hydrogens (tertiary/aromatic N) is 4. The van der Waals surface area contributed by atoms with Crippen molar-refractivity contribution in [2.24, 2.45) is 0 Å². The van der Waals surface area contributed by atoms with Crippen molar-refractivity contribution in [2.75, 3.05) is 17.2 Å². The third kappa shape index (κ3) is 5.34. The molecule has 2 heterocycles. The normalized spacial score (nSPS) is 12.5. The summed E-state index contributed by atoms with van der Waals surface area (Å²) < 4.78 is 15.9. The van der Waals surface area contributed by atoms with Gasteiger partial charge in [-0.1, -0.05) is 65.3 Å². The second-order valence-corrected chi connectivity index (χ2v) is 9.99. The van der Waals surface area contributed by atoms with E-state index in [1.807, 2.05) is 30.3 Å². The van der Waals surface area contributed by atoms with Crippen molar-refractivity contribution >= 4 is 52.5 Å². The number of hydrogen-bond donors (Lipinski definition) is 1. The summed E-state index contributed by atoms with van der Waals surface area (Å²) in [6.07, 6.45) is 0.821. The van der Waals surface area contributed by atoms with Gasteiger partial charge in [-0.3, -0.25) is 14.2 Å². The molecule has 1 aliphatic heterocycles. The predicted molar refractivity (Wildman–Crippen MR) is 142 cm³/mol. The van der Waals surface area contributed by atoms with Gasteiger partial charge in [-0.05, 0) is 48.4 Å². The van der Waals surface area contributed by atoms with Crippen molar-refractivity contribution in [3.05, 3.63) is 99.5 Å². The van der Waals surface area contributed by atoms with Crippen molar-refractivity contribution in [2.45, 2.75) is 18.1 Å². The molecule has 0 fully saturated rings. The van der Waals surface area contributed by atoms with Gasteiger partial charge in [0.05, 0.1) is 28.6 Å². The number of carbonyl (C=O) groups excluding carboxylic acids is 2. The molecule has 0 spiro atoms. The topological polar surface area (TPSA) is 80.1 Å². The Hall–Kier alpha value is -3.40. The first-order chi connectivity index (χ1) is 17.9. The zero-order valence-corrected chi connectivity index (χ0v) is 21.7. The number of anilines is 1. The van der Waals surface area contributed by atoms with E-state index in [1.165, 1.54) is 30.0 Å². The van der Waals surface area contributed by atoms with E-state index in [1.54, 1.807) is 27.7 Å². The summed E-state index contributed by atoms with van der Waals surface area (Å²) in [5.74, 6) is -0.922. The van der Waals surface area contributed by atoms with Gasteiger partial charge in [0, 0.05) is 17.3 Å². The summed E-state index contributed by atoms with van der Waals surface area (Å²) in [6, 6.07) is 19.0. The fraction of sp³-hybridized carbons (Fsp3) is 0.154. The highest BCUT2D eigenvalue weighted by molar-refractivity contribution is 7.99. The Morgan fingerprint density at radius 3 is 2.65 bits per heavy atom. The van der Waals surface area contributed by atoms with Crippen LogP contribution in [0.15, 0.2) is 71.9 Å². The number of aromatic nitrogens is 3. The van der Waals surface area contributed by atoms with E-state index in [9.17, 15) is 14.0 Å². The Bertz CT molecular complexity index is 1480. The van der Waals surface area contributed by atoms with Gasteiger partial charge in [-0.15, -0.1) is 10.2 Å². The van der Waals surface area contributed by atoms with Crippen LogP contribution in [0.3, 0.4) is 0 Å². The Balaban J connectivity index is 1.36. The maximum Gasteiger partial charge on any atom is 0.256 e. The fourth-order valence-corrected chi connectivity index (χ4v) is 5.43. The first-order valence-corrected chi connectivity index (χ1v) is 13.1. The van der Waals surface area contributed by atoms with Gasteiger partial charge in [0.1, 0.15) is 5.82 Å². The molecule has 0 radical (unpaired) electrons. The SMILES string of the molecule is O=C(NCc1nnc(SCC(=O)N2CCc3ccccc32)n1-c1cccc(Cl)c1)c1c(F)cccc1Cl. The predicted octanol–water partition coefficient (Wildman–Crippen LogP) is 5.32. The van der Waals surface area contributed by atoms with Gasteiger partial charge in [0.15, 0.2) is 11.0 Å². The minimum absolute atomic E-state index is 0.00653. The van der Waals surface area contributed by atoms with Gasteiger partial charge in [0.2, 0.25) is 5.91 Å². The lowest BCUT2D eigenvalue weighted by Crippen LogP contribution is -2.30. The first-order valence-electron chi connectivity index (χ1n) is 11.4. The number of benzene rings is 3. The van der Waals surface area contributed by atoms with E-state index < -0.39 is 11.7 Å². The second kappa shape index (κ2) is 10.9. The van der Waals surface area contributed by atoms with E-state index in [4.69, 9.17) is 23.2 Å². The molecule has 188 valence electrons. The summed E-state index contributed by atoms with van der Waals surface area (Å²) >= 11 is 13.5. The monoisotopic (exact) mass is 555 g/mol. The fourth-order valence-electron chi connectivity index (χ4n) is 4.15. The summed E-state index contributed by atoms with van der Waals surface area (Å²) in [5, 5.41) is 12.1. The maximum atomic E-state index is 14.2. The number of halogens is 3. The molecule has 0 aliphatic carbocycles. The van der Waals surface area contributed by atoms with E-state index in [-0.39, 0.29) is 28.8 Å². The van der Waals surface area contributed by atoms with Gasteiger partial charge in [-0.25, -0.2) is 4.39 Å². The highest BCUT2D eigenvalue weighted by Crippen LogP contribution is 2.30. The van der Waals surface area contributed by atoms with Crippen molar-refractivity contribution in [3.8, 4) is 5.69 Å². The van der Waals surface area contributed by atoms with Gasteiger partial charge in [-0.2, -0.15) is 0 Å². The largest absolute Gasteiger partial charge is 0.345 e. The summed E-state index contributed by atoms with van der Waals surface area (Å²) in [6.45, 7) is 0.576. The lowest BCUT2D eigenvalue weighted by molar-refractivity contribution is -0.116. The van der Waals surface area contributed by atoms with Gasteiger partial charge >= 0.3 is 0 Å². The summed E-state index contributed by atoms with van der Waals surface area (Å²) in [5.41, 5.74) is 2.49. The quantitative estimate of drug-likeness (QED) is 0.312. The van der Waals surface area contributed by atoms with Crippen LogP contribution >= 0.6 is 35.0 Å². The number of amides is 2. The summed E-state index contributed by atoms with van der Waals surface area (Å²) in [4.78, 5) is 27.5. The molecule has 11 heteroatoms. The lowest BCUT2D eigenvalue weighted by atomic mass is 10.2. The average molecular weight is 556 g/mol. The number of rotatable bonds is 7. The van der Waals surface area contributed by atoms with Crippen LogP contribution in [-0.4, -0.2) is 38.9 Å². The van der Waals surface area contributed by atoms with E-state index in [2.05, 4.69) is 15.5 Å². The number of para-hydroxylation sites is 1. The Morgan fingerprint density at radius 2 is 1.84 bits per heavy atom. The molecule has 7 nitrogen and oxygen atoms in total. The van der Waals surface area contributed by atoms with Crippen LogP contribution in [0.5, 0.6) is 0 Å². The lowest BCUT2D eigenvalue weighted by Gasteiger charge is -2.17. The number of nitrogens with one attached hydrogen (secondary N) is 1. The highest BCUT2D eigenvalue weighted by Gasteiger charge is 2.25. The molecule has 1 N–H and O–H groups in total. The van der Waals surface area contributed by atoms with Gasteiger partial charge < -0.3 is 10.2 Å². The molecule has 0 saturated carbocycles. The molecular weight excluding hydrogens is 536 g/mol. The van der Waals surface area contributed by atoms with E-state index >= 15 is 0 Å². The second-order valence-electron chi connectivity index (χ2n) is 8.21. The number of carbonyl (C=O) groups is 2. The zero-order chi connectivity index (χ0) is 25.9. The van der Waals surface area contributed by atoms with Gasteiger partial charge in [0.25, 0.3) is 5.91 Å². The molecular formula is C26H20Cl2FN5O2S. The van der Waals surface area contributed by atoms with Crippen LogP contribution in [0.25, 0.3) is 5.69 Å². The Morgan fingerprint density at radius 1 is 1.03 bits per heavy atom. The molecule has 4 aromatic rings. The van der Waals surface area contributed by atoms with E-state index in [0.29, 0.717) is 28.2 Å². The minimum atomic E-state index is -0.723. The van der Waals surface area contributed by atoms with Crippen LogP contribution in [0, 0.1) is 5.82 Å². The number of hydrogen-bond acceptors (Lipinski definition) is 5. The first kappa shape index (κ1) is 25.3. The third-order valence-corrected chi connectivity index (χ3v) is 7.34. The molecule has 1 aliphatic rings. The van der Waals surface area contributed by atoms with Crippen LogP contribution in [0.1, 0.15) is 21.7 Å². The molecule has 1 aromatic heterocycles. The molecule has 0 saturated heterocycles. The number of thioether (sulfide) groups is 1. The molecule has 0 bridgehead atoms. The van der Waals surface area contributed by atoms with Crippen molar-refractivity contribution < 1.29 is 14.0 Å². The molecule has 3 aromatic carbocycles. The van der Waals surface area contributed by atoms with Crippen molar-refractivity contribution in [1.29, 1.82) is 0 Å². The smallest absolute Gasteiger partial charge is 0.256 e. The van der Waals surface area contributed by atoms with Crippen LogP contribution in [0.4, 0.5) is 10.1 Å². The van der Waals surface area contributed by atoms with E-state index in [0.717, 1.165) is 17.7 Å². The molecule has 37 heavy (non-hydrogen) atoms. The average Bonchev–Trinajstić information content (AvgIpc) is 3.50. The zero-order valence-electron chi connectivity index (χ0n) is 19.3. The van der Waals surface area contributed by atoms with Crippen LogP contribution in [-0.2, 0) is 17.8 Å². The summed E-state index contributed by atoms with van der Waals surface area (Å²) in [7, 11) is 0. The standard InChI is InChI=1S/C26H20Cl2FN5O2S/c27-17-6-3-7-18(13-17)34-22(14-30-25(36)24-19(28)8-4-9-20(24)29)31-32-26(34)37-15-23(35)33-12-11-16-5-1-2-10-21(16)33/h1-10,13H,11-12,14-15H2,(H,30,36). The van der Waals surface area contributed by atoms with Crippen molar-refractivity contribution in [3.63, 3.8) is 0 Å². The Labute approximate surface area is 226 Å². The molecule has 2 amide bonds.